The fraction of sp³-hybridized carbons (Fsp3) is 0.480. The topological polar surface area (TPSA) is 163 Å². The van der Waals surface area contributed by atoms with Crippen LogP contribution in [-0.2, 0) is 30.4 Å². The third-order valence-electron chi connectivity index (χ3n) is 6.37. The second-order valence-corrected chi connectivity index (χ2v) is 11.7. The Balaban J connectivity index is 1.57. The van der Waals surface area contributed by atoms with Gasteiger partial charge in [0.1, 0.15) is 24.0 Å². The van der Waals surface area contributed by atoms with Crippen LogP contribution in [0, 0.1) is 0 Å². The molecule has 15 heteroatoms. The number of carbonyl (C=O) groups excluding carboxylic acids is 1. The molecule has 1 aliphatic rings. The highest BCUT2D eigenvalue weighted by atomic mass is 31.2. The third-order valence-corrected chi connectivity index (χ3v) is 8.01. The number of aryl methyl sites for hydroxylation is 1. The summed E-state index contributed by atoms with van der Waals surface area (Å²) in [5.41, 5.74) is -3.25. The summed E-state index contributed by atoms with van der Waals surface area (Å²) < 4.78 is 54.2. The van der Waals surface area contributed by atoms with Gasteiger partial charge in [0.05, 0.1) is 12.7 Å². The molecule has 1 unspecified atom stereocenters. The van der Waals surface area contributed by atoms with Crippen molar-refractivity contribution in [3.8, 4) is 5.75 Å². The van der Waals surface area contributed by atoms with E-state index in [9.17, 15) is 24.1 Å². The molecule has 0 bridgehead atoms. The minimum Gasteiger partial charge on any atom is -0.462 e. The number of aliphatic hydroxyl groups is 1. The van der Waals surface area contributed by atoms with Gasteiger partial charge >= 0.3 is 19.4 Å². The van der Waals surface area contributed by atoms with Crippen molar-refractivity contribution in [2.75, 3.05) is 6.61 Å². The zero-order valence-electron chi connectivity index (χ0n) is 22.6. The van der Waals surface area contributed by atoms with E-state index in [1.807, 2.05) is 28.9 Å². The van der Waals surface area contributed by atoms with Crippen molar-refractivity contribution in [2.45, 2.75) is 63.9 Å². The molecule has 6 atom stereocenters. The number of hydrogen-bond acceptors (Lipinski definition) is 9. The van der Waals surface area contributed by atoms with Crippen LogP contribution < -0.4 is 20.9 Å². The lowest BCUT2D eigenvalue weighted by Crippen LogP contribution is -2.43. The van der Waals surface area contributed by atoms with E-state index in [4.69, 9.17) is 18.5 Å². The van der Waals surface area contributed by atoms with Crippen LogP contribution in [0.2, 0.25) is 0 Å². The highest BCUT2D eigenvalue weighted by Crippen LogP contribution is 2.48. The van der Waals surface area contributed by atoms with Crippen LogP contribution in [0.15, 0.2) is 52.3 Å². The first-order valence-electron chi connectivity index (χ1n) is 12.5. The molecule has 0 radical (unpaired) electrons. The molecule has 1 saturated heterocycles. The van der Waals surface area contributed by atoms with E-state index in [0.29, 0.717) is 0 Å². The third kappa shape index (κ3) is 6.21. The number of rotatable bonds is 10. The van der Waals surface area contributed by atoms with Crippen molar-refractivity contribution >= 4 is 24.6 Å². The van der Waals surface area contributed by atoms with Crippen molar-refractivity contribution in [2.24, 2.45) is 7.05 Å². The Bertz CT molecular complexity index is 1550. The lowest BCUT2D eigenvalue weighted by Gasteiger charge is -2.25. The summed E-state index contributed by atoms with van der Waals surface area (Å²) in [7, 11) is -2.52. The number of aromatic amines is 1. The number of hydrogen-bond donors (Lipinski definition) is 3. The fourth-order valence-corrected chi connectivity index (χ4v) is 5.80. The molecule has 3 N–H and O–H groups in total. The molecule has 218 valence electrons. The molecular weight excluding hydrogens is 550 g/mol. The summed E-state index contributed by atoms with van der Waals surface area (Å²) in [6.45, 7) is 5.08. The molecule has 3 heterocycles. The van der Waals surface area contributed by atoms with E-state index in [0.717, 1.165) is 34.7 Å². The van der Waals surface area contributed by atoms with Gasteiger partial charge in [-0.2, -0.15) is 5.09 Å². The molecule has 1 aliphatic heterocycles. The number of esters is 1. The van der Waals surface area contributed by atoms with Crippen molar-refractivity contribution in [3.05, 3.63) is 63.6 Å². The Labute approximate surface area is 228 Å². The summed E-state index contributed by atoms with van der Waals surface area (Å²) in [5, 5.41) is 14.0. The molecule has 0 amide bonds. The maximum Gasteiger partial charge on any atom is 0.459 e. The molecule has 1 fully saturated rings. The number of aromatic nitrogens is 3. The van der Waals surface area contributed by atoms with Gasteiger partial charge in [0.25, 0.3) is 5.56 Å². The Hall–Kier alpha value is -3.29. The summed E-state index contributed by atoms with van der Waals surface area (Å²) >= 11 is 0. The second-order valence-electron chi connectivity index (χ2n) is 10.0. The van der Waals surface area contributed by atoms with Crippen LogP contribution in [-0.4, -0.2) is 61.8 Å². The van der Waals surface area contributed by atoms with E-state index in [1.165, 1.54) is 6.92 Å². The predicted octanol–water partition coefficient (Wildman–Crippen LogP) is 2.15. The number of fused-ring (bicyclic) bond motifs is 1. The minimum absolute atomic E-state index is 0.153. The van der Waals surface area contributed by atoms with Gasteiger partial charge in [0, 0.05) is 36.4 Å². The first-order chi connectivity index (χ1) is 18.7. The van der Waals surface area contributed by atoms with Crippen molar-refractivity contribution in [3.63, 3.8) is 0 Å². The summed E-state index contributed by atoms with van der Waals surface area (Å²) in [6.07, 6.45) is -2.42. The number of halogens is 1. The fourth-order valence-electron chi connectivity index (χ4n) is 4.30. The van der Waals surface area contributed by atoms with Gasteiger partial charge in [0.2, 0.25) is 0 Å². The van der Waals surface area contributed by atoms with Crippen molar-refractivity contribution < 1.29 is 37.4 Å². The largest absolute Gasteiger partial charge is 0.462 e. The van der Waals surface area contributed by atoms with E-state index in [1.54, 1.807) is 32.0 Å². The molecular formula is C25H32FN4O9P. The molecule has 4 rings (SSSR count). The van der Waals surface area contributed by atoms with Crippen LogP contribution in [0.25, 0.3) is 10.9 Å². The Morgan fingerprint density at radius 2 is 1.98 bits per heavy atom. The highest BCUT2D eigenvalue weighted by Gasteiger charge is 2.56. The summed E-state index contributed by atoms with van der Waals surface area (Å²) in [5.74, 6) is -0.563. The standard InChI is InChI=1S/C25H32FN4O9P/c1-14(2)37-22(33)15(3)28-40(35,39-17-6-7-18-16(12-17)8-10-29(18)5)36-13-19-21(32)25(4,26)23(38-19)30-11-9-20(31)27-24(30)34/h6-12,14-15,19,21,23,32H,13H2,1-5H3,(H,28,35)(H,27,31,34)/t15-,19+,21+,23+,25+,40?/m0/s1. The van der Waals surface area contributed by atoms with Crippen LogP contribution in [0.5, 0.6) is 5.75 Å². The second kappa shape index (κ2) is 11.3. The van der Waals surface area contributed by atoms with Crippen LogP contribution in [0.1, 0.15) is 33.9 Å². The summed E-state index contributed by atoms with van der Waals surface area (Å²) in [6, 6.07) is 6.63. The molecule has 40 heavy (non-hydrogen) atoms. The SMILES string of the molecule is CC(C)OC(=O)[C@H](C)NP(=O)(OC[C@H]1O[C@@H](n2ccc(=O)[nH]c2=O)[C@](C)(F)[C@@H]1O)Oc1ccc2c(ccn2C)c1. The number of nitrogens with zero attached hydrogens (tertiary/aromatic N) is 2. The molecule has 0 aliphatic carbocycles. The molecule has 0 saturated carbocycles. The minimum atomic E-state index is -4.38. The Morgan fingerprint density at radius 3 is 2.65 bits per heavy atom. The lowest BCUT2D eigenvalue weighted by molar-refractivity contribution is -0.149. The first kappa shape index (κ1) is 29.7. The lowest BCUT2D eigenvalue weighted by atomic mass is 9.98. The van der Waals surface area contributed by atoms with Gasteiger partial charge in [-0.25, -0.2) is 13.8 Å². The van der Waals surface area contributed by atoms with Crippen LogP contribution >= 0.6 is 7.75 Å². The highest BCUT2D eigenvalue weighted by molar-refractivity contribution is 7.52. The van der Waals surface area contributed by atoms with Gasteiger partial charge < -0.3 is 23.7 Å². The Kier molecular flexibility index (Phi) is 8.38. The number of benzene rings is 1. The number of aliphatic hydroxyl groups excluding tert-OH is 1. The van der Waals surface area contributed by atoms with Gasteiger partial charge in [-0.05, 0) is 52.0 Å². The maximum atomic E-state index is 15.6. The normalized spacial score (nSPS) is 25.1. The maximum absolute atomic E-state index is 15.6. The van der Waals surface area contributed by atoms with Gasteiger partial charge in [0.15, 0.2) is 11.9 Å². The van der Waals surface area contributed by atoms with E-state index >= 15 is 4.39 Å². The monoisotopic (exact) mass is 582 g/mol. The first-order valence-corrected chi connectivity index (χ1v) is 14.1. The summed E-state index contributed by atoms with van der Waals surface area (Å²) in [4.78, 5) is 38.1. The quantitative estimate of drug-likeness (QED) is 0.238. The zero-order chi connectivity index (χ0) is 29.4. The van der Waals surface area contributed by atoms with Crippen molar-refractivity contribution in [1.29, 1.82) is 0 Å². The molecule has 13 nitrogen and oxygen atoms in total. The van der Waals surface area contributed by atoms with E-state index in [2.05, 4.69) is 5.09 Å². The zero-order valence-corrected chi connectivity index (χ0v) is 23.5. The molecule has 1 aromatic carbocycles. The van der Waals surface area contributed by atoms with E-state index < -0.39 is 67.8 Å². The number of alkyl halides is 1. The smallest absolute Gasteiger partial charge is 0.459 e. The average Bonchev–Trinajstić information content (AvgIpc) is 3.33. The van der Waals surface area contributed by atoms with Crippen LogP contribution in [0.4, 0.5) is 4.39 Å². The van der Waals surface area contributed by atoms with Crippen LogP contribution in [0.3, 0.4) is 0 Å². The van der Waals surface area contributed by atoms with Gasteiger partial charge in [-0.3, -0.25) is 23.7 Å². The molecule has 0 spiro atoms. The molecule has 2 aromatic heterocycles. The Morgan fingerprint density at radius 1 is 1.25 bits per heavy atom. The number of carbonyl (C=O) groups is 1. The number of ether oxygens (including phenoxy) is 2. The van der Waals surface area contributed by atoms with Crippen molar-refractivity contribution in [1.82, 2.24) is 19.2 Å². The van der Waals surface area contributed by atoms with Gasteiger partial charge in [-0.15, -0.1) is 0 Å². The average molecular weight is 583 g/mol. The van der Waals surface area contributed by atoms with Gasteiger partial charge in [-0.1, -0.05) is 0 Å². The number of nitrogens with one attached hydrogen (secondary N) is 2. The molecule has 3 aromatic rings. The van der Waals surface area contributed by atoms with E-state index in [-0.39, 0.29) is 5.75 Å². The number of H-pyrrole nitrogens is 1. The predicted molar refractivity (Wildman–Crippen MR) is 142 cm³/mol.